The number of carbonyl (C=O) groups is 1. The number of nitrogens with zero attached hydrogens (tertiary/aromatic N) is 3. The minimum atomic E-state index is 0.139. The van der Waals surface area contributed by atoms with E-state index in [-0.39, 0.29) is 11.8 Å². The van der Waals surface area contributed by atoms with Gasteiger partial charge in [-0.25, -0.2) is 9.97 Å². The van der Waals surface area contributed by atoms with Crippen LogP contribution in [0.2, 0.25) is 0 Å². The van der Waals surface area contributed by atoms with Crippen LogP contribution in [0.5, 0.6) is 0 Å². The predicted octanol–water partition coefficient (Wildman–Crippen LogP) is 3.09. The monoisotopic (exact) mass is 301 g/mol. The summed E-state index contributed by atoms with van der Waals surface area (Å²) in [6.07, 6.45) is 0.943. The Kier molecular flexibility index (Phi) is 3.76. The summed E-state index contributed by atoms with van der Waals surface area (Å²) < 4.78 is 0. The van der Waals surface area contributed by atoms with Gasteiger partial charge < -0.3 is 4.90 Å². The normalized spacial score (nSPS) is 18.2. The maximum absolute atomic E-state index is 12.5. The Morgan fingerprint density at radius 2 is 1.95 bits per heavy atom. The molecule has 0 spiro atoms. The minimum Gasteiger partial charge on any atom is -0.337 e. The third-order valence-corrected chi connectivity index (χ3v) is 4.82. The number of amides is 1. The summed E-state index contributed by atoms with van der Waals surface area (Å²) in [5, 5.41) is 2.02. The van der Waals surface area contributed by atoms with Gasteiger partial charge in [-0.05, 0) is 50.3 Å². The number of hydrogen-bond acceptors (Lipinski definition) is 4. The topological polar surface area (TPSA) is 46.1 Å². The van der Waals surface area contributed by atoms with E-state index in [1.165, 1.54) is 11.3 Å². The Hall–Kier alpha value is -1.75. The lowest BCUT2D eigenvalue weighted by Gasteiger charge is -2.15. The summed E-state index contributed by atoms with van der Waals surface area (Å²) in [4.78, 5) is 24.3. The molecule has 3 heterocycles. The SMILES string of the molecule is Cc1csc(C(=O)N2CC[C@H](c3nc(C)cc(C)n3)C2)c1. The molecule has 0 aromatic carbocycles. The van der Waals surface area contributed by atoms with Gasteiger partial charge in [0.2, 0.25) is 0 Å². The van der Waals surface area contributed by atoms with Crippen molar-refractivity contribution in [1.29, 1.82) is 0 Å². The van der Waals surface area contributed by atoms with Crippen LogP contribution < -0.4 is 0 Å². The number of thiophene rings is 1. The number of aromatic nitrogens is 2. The molecule has 21 heavy (non-hydrogen) atoms. The highest BCUT2D eigenvalue weighted by atomic mass is 32.1. The Morgan fingerprint density at radius 1 is 1.24 bits per heavy atom. The zero-order valence-corrected chi connectivity index (χ0v) is 13.4. The molecule has 1 saturated heterocycles. The van der Waals surface area contributed by atoms with Gasteiger partial charge >= 0.3 is 0 Å². The van der Waals surface area contributed by atoms with E-state index in [0.29, 0.717) is 0 Å². The lowest BCUT2D eigenvalue weighted by molar-refractivity contribution is 0.0795. The highest BCUT2D eigenvalue weighted by Crippen LogP contribution is 2.27. The summed E-state index contributed by atoms with van der Waals surface area (Å²) in [7, 11) is 0. The smallest absolute Gasteiger partial charge is 0.263 e. The lowest BCUT2D eigenvalue weighted by Crippen LogP contribution is -2.28. The Morgan fingerprint density at radius 3 is 2.57 bits per heavy atom. The number of likely N-dealkylation sites (tertiary alicyclic amines) is 1. The first-order chi connectivity index (χ1) is 10.0. The van der Waals surface area contributed by atoms with Crippen LogP contribution in [0.1, 0.15) is 44.8 Å². The van der Waals surface area contributed by atoms with Crippen molar-refractivity contribution in [3.8, 4) is 0 Å². The average molecular weight is 301 g/mol. The van der Waals surface area contributed by atoms with E-state index >= 15 is 0 Å². The molecule has 2 aromatic heterocycles. The van der Waals surface area contributed by atoms with E-state index in [1.807, 2.05) is 43.2 Å². The third-order valence-electron chi connectivity index (χ3n) is 3.78. The van der Waals surface area contributed by atoms with Crippen LogP contribution in [0.3, 0.4) is 0 Å². The van der Waals surface area contributed by atoms with Crippen molar-refractivity contribution in [2.75, 3.05) is 13.1 Å². The van der Waals surface area contributed by atoms with Crippen LogP contribution in [-0.4, -0.2) is 33.9 Å². The third kappa shape index (κ3) is 2.97. The first kappa shape index (κ1) is 14.2. The molecule has 1 fully saturated rings. The average Bonchev–Trinajstić information content (AvgIpc) is 3.05. The van der Waals surface area contributed by atoms with E-state index in [0.717, 1.165) is 47.2 Å². The van der Waals surface area contributed by atoms with E-state index < -0.39 is 0 Å². The molecule has 0 aliphatic carbocycles. The van der Waals surface area contributed by atoms with Gasteiger partial charge in [-0.2, -0.15) is 0 Å². The zero-order chi connectivity index (χ0) is 15.0. The van der Waals surface area contributed by atoms with Crippen molar-refractivity contribution in [3.63, 3.8) is 0 Å². The molecule has 0 bridgehead atoms. The largest absolute Gasteiger partial charge is 0.337 e. The molecule has 0 N–H and O–H groups in total. The van der Waals surface area contributed by atoms with Crippen molar-refractivity contribution >= 4 is 17.2 Å². The molecule has 2 aromatic rings. The van der Waals surface area contributed by atoms with Gasteiger partial charge in [0, 0.05) is 30.4 Å². The Balaban J connectivity index is 1.74. The quantitative estimate of drug-likeness (QED) is 0.856. The van der Waals surface area contributed by atoms with Crippen LogP contribution >= 0.6 is 11.3 Å². The summed E-state index contributed by atoms with van der Waals surface area (Å²) in [6.45, 7) is 7.51. The van der Waals surface area contributed by atoms with Gasteiger partial charge in [0.05, 0.1) is 4.88 Å². The zero-order valence-electron chi connectivity index (χ0n) is 12.6. The molecule has 0 unspecified atom stereocenters. The molecule has 3 rings (SSSR count). The number of aryl methyl sites for hydroxylation is 3. The summed E-state index contributed by atoms with van der Waals surface area (Å²) in [6, 6.07) is 3.95. The van der Waals surface area contributed by atoms with Crippen molar-refractivity contribution in [3.05, 3.63) is 45.2 Å². The molecule has 0 saturated carbocycles. The van der Waals surface area contributed by atoms with Gasteiger partial charge in [-0.1, -0.05) is 0 Å². The molecule has 4 nitrogen and oxygen atoms in total. The molecular weight excluding hydrogens is 282 g/mol. The number of carbonyl (C=O) groups excluding carboxylic acids is 1. The molecule has 5 heteroatoms. The maximum Gasteiger partial charge on any atom is 0.263 e. The maximum atomic E-state index is 12.5. The molecule has 1 atom stereocenters. The first-order valence-electron chi connectivity index (χ1n) is 7.19. The van der Waals surface area contributed by atoms with Gasteiger partial charge in [-0.3, -0.25) is 4.79 Å². The van der Waals surface area contributed by atoms with Crippen LogP contribution in [-0.2, 0) is 0 Å². The van der Waals surface area contributed by atoms with Crippen LogP contribution in [0.4, 0.5) is 0 Å². The fourth-order valence-electron chi connectivity index (χ4n) is 2.79. The van der Waals surface area contributed by atoms with E-state index in [2.05, 4.69) is 9.97 Å². The Bertz CT molecular complexity index is 660. The molecule has 1 amide bonds. The van der Waals surface area contributed by atoms with Crippen molar-refractivity contribution in [1.82, 2.24) is 14.9 Å². The number of hydrogen-bond donors (Lipinski definition) is 0. The molecule has 110 valence electrons. The second-order valence-corrected chi connectivity index (χ2v) is 6.65. The summed E-state index contributed by atoms with van der Waals surface area (Å²) >= 11 is 1.52. The minimum absolute atomic E-state index is 0.139. The highest BCUT2D eigenvalue weighted by Gasteiger charge is 2.30. The van der Waals surface area contributed by atoms with Crippen molar-refractivity contribution in [2.45, 2.75) is 33.1 Å². The van der Waals surface area contributed by atoms with Gasteiger partial charge in [-0.15, -0.1) is 11.3 Å². The molecule has 1 aliphatic rings. The second-order valence-electron chi connectivity index (χ2n) is 5.73. The van der Waals surface area contributed by atoms with E-state index in [4.69, 9.17) is 0 Å². The van der Waals surface area contributed by atoms with Gasteiger partial charge in [0.1, 0.15) is 5.82 Å². The molecule has 0 radical (unpaired) electrons. The fraction of sp³-hybridized carbons (Fsp3) is 0.438. The first-order valence-corrected chi connectivity index (χ1v) is 8.07. The summed E-state index contributed by atoms with van der Waals surface area (Å²) in [5.41, 5.74) is 3.14. The molecular formula is C16H19N3OS. The van der Waals surface area contributed by atoms with E-state index in [9.17, 15) is 4.79 Å². The van der Waals surface area contributed by atoms with Gasteiger partial charge in [0.15, 0.2) is 0 Å². The predicted molar refractivity (Wildman–Crippen MR) is 83.8 cm³/mol. The van der Waals surface area contributed by atoms with Crippen molar-refractivity contribution in [2.24, 2.45) is 0 Å². The van der Waals surface area contributed by atoms with E-state index in [1.54, 1.807) is 0 Å². The van der Waals surface area contributed by atoms with Gasteiger partial charge in [0.25, 0.3) is 5.91 Å². The standard InChI is InChI=1S/C16H19N3OS/c1-10-6-14(21-9-10)16(20)19-5-4-13(8-19)15-17-11(2)7-12(3)18-15/h6-7,9,13H,4-5,8H2,1-3H3/t13-/m0/s1. The fourth-order valence-corrected chi connectivity index (χ4v) is 3.66. The second kappa shape index (κ2) is 5.56. The van der Waals surface area contributed by atoms with Crippen molar-refractivity contribution < 1.29 is 4.79 Å². The summed E-state index contributed by atoms with van der Waals surface area (Å²) in [5.74, 6) is 1.28. The Labute approximate surface area is 128 Å². The highest BCUT2D eigenvalue weighted by molar-refractivity contribution is 7.12. The van der Waals surface area contributed by atoms with Crippen LogP contribution in [0.15, 0.2) is 17.5 Å². The lowest BCUT2D eigenvalue weighted by atomic mass is 10.1. The molecule has 1 aliphatic heterocycles. The number of rotatable bonds is 2. The van der Waals surface area contributed by atoms with Crippen LogP contribution in [0, 0.1) is 20.8 Å². The van der Waals surface area contributed by atoms with Crippen LogP contribution in [0.25, 0.3) is 0 Å².